The van der Waals surface area contributed by atoms with E-state index in [2.05, 4.69) is 10.6 Å². The molecule has 0 saturated carbocycles. The van der Waals surface area contributed by atoms with Crippen molar-refractivity contribution >= 4 is 29.7 Å². The van der Waals surface area contributed by atoms with E-state index in [-0.39, 0.29) is 30.7 Å². The number of carbonyl (C=O) groups excluding carboxylic acids is 3. The molecule has 12 heteroatoms. The fourth-order valence-electron chi connectivity index (χ4n) is 5.96. The second kappa shape index (κ2) is 14.2. The molecule has 2 aromatic carbocycles. The number of nitrogens with one attached hydrogen (secondary N) is 2. The van der Waals surface area contributed by atoms with Gasteiger partial charge in [-0.2, -0.15) is 0 Å². The summed E-state index contributed by atoms with van der Waals surface area (Å²) in [5, 5.41) is 17.2. The van der Waals surface area contributed by atoms with E-state index in [1.807, 2.05) is 44.2 Å². The summed E-state index contributed by atoms with van der Waals surface area (Å²) in [6.45, 7) is 4.94. The van der Waals surface area contributed by atoms with Gasteiger partial charge in [0, 0.05) is 23.8 Å². The fourth-order valence-corrected chi connectivity index (χ4v) is 7.10. The van der Waals surface area contributed by atoms with Gasteiger partial charge < -0.3 is 39.6 Å². The van der Waals surface area contributed by atoms with E-state index in [4.69, 9.17) is 18.9 Å². The molecule has 238 valence electrons. The quantitative estimate of drug-likeness (QED) is 0.363. The Morgan fingerprint density at radius 2 is 1.84 bits per heavy atom. The van der Waals surface area contributed by atoms with Crippen LogP contribution in [-0.4, -0.2) is 89.4 Å². The number of alkyl carbamates (subject to hydrolysis) is 1. The highest BCUT2D eigenvalue weighted by atomic mass is 32.2. The molecule has 0 bridgehead atoms. The third kappa shape index (κ3) is 7.48. The van der Waals surface area contributed by atoms with Crippen LogP contribution in [0.25, 0.3) is 0 Å². The molecule has 0 aromatic heterocycles. The minimum Gasteiger partial charge on any atom is -0.497 e. The lowest BCUT2D eigenvalue weighted by Crippen LogP contribution is -2.58. The van der Waals surface area contributed by atoms with Crippen molar-refractivity contribution < 1.29 is 38.4 Å². The molecule has 3 N–H and O–H groups in total. The standard InChI is InChI=1S/C32H41N3O8S/c1-32(2)27(28(37)33-17-21-8-5-4-6-9-21)35(19-44-32)29(38)26(36)24(16-20-11-13-22(40-3)14-12-20)34-31(39)43-25-18-42-30-23(25)10-7-15-41-30/h4-6,8-9,11-14,23-27,30,36H,7,10,15-19H2,1-3H3,(H,33,37)(H,34,39)/t23-,24+,25-,26+,27-,30+/m1/s1. The van der Waals surface area contributed by atoms with Crippen LogP contribution in [0.5, 0.6) is 5.75 Å². The number of aliphatic hydroxyl groups excluding tert-OH is 1. The number of fused-ring (bicyclic) bond motifs is 1. The van der Waals surface area contributed by atoms with Crippen molar-refractivity contribution in [2.45, 2.75) is 75.0 Å². The molecular formula is C32H41N3O8S. The van der Waals surface area contributed by atoms with Gasteiger partial charge in [0.25, 0.3) is 5.91 Å². The number of hydrogen-bond donors (Lipinski definition) is 3. The highest BCUT2D eigenvalue weighted by Crippen LogP contribution is 2.40. The zero-order valence-electron chi connectivity index (χ0n) is 25.3. The maximum absolute atomic E-state index is 13.9. The summed E-state index contributed by atoms with van der Waals surface area (Å²) < 4.78 is 21.7. The molecule has 3 amide bonds. The summed E-state index contributed by atoms with van der Waals surface area (Å²) >= 11 is 1.46. The summed E-state index contributed by atoms with van der Waals surface area (Å²) in [7, 11) is 1.56. The van der Waals surface area contributed by atoms with Crippen molar-refractivity contribution in [3.05, 3.63) is 65.7 Å². The minimum absolute atomic E-state index is 0.0693. The summed E-state index contributed by atoms with van der Waals surface area (Å²) in [4.78, 5) is 41.9. The molecule has 5 rings (SSSR count). The number of ether oxygens (including phenoxy) is 4. The molecular weight excluding hydrogens is 586 g/mol. The lowest BCUT2D eigenvalue weighted by Gasteiger charge is -2.33. The Morgan fingerprint density at radius 3 is 2.57 bits per heavy atom. The van der Waals surface area contributed by atoms with Gasteiger partial charge in [-0.15, -0.1) is 11.8 Å². The molecule has 2 aromatic rings. The molecule has 44 heavy (non-hydrogen) atoms. The summed E-state index contributed by atoms with van der Waals surface area (Å²) in [6.07, 6.45) is -1.50. The van der Waals surface area contributed by atoms with Gasteiger partial charge in [0.2, 0.25) is 5.91 Å². The number of carbonyl (C=O) groups is 3. The van der Waals surface area contributed by atoms with Crippen LogP contribution >= 0.6 is 11.8 Å². The Bertz CT molecular complexity index is 1290. The Kier molecular flexibility index (Phi) is 10.3. The number of amides is 3. The van der Waals surface area contributed by atoms with E-state index >= 15 is 0 Å². The SMILES string of the molecule is COc1ccc(C[C@H](NC(=O)O[C@@H]2CO[C@@H]3OCCC[C@@H]32)[C@H](O)C(=O)N2CSC(C)(C)[C@H]2C(=O)NCc2ccccc2)cc1. The number of nitrogens with zero attached hydrogens (tertiary/aromatic N) is 1. The first-order chi connectivity index (χ1) is 21.2. The maximum atomic E-state index is 13.9. The zero-order valence-corrected chi connectivity index (χ0v) is 26.1. The first-order valence-corrected chi connectivity index (χ1v) is 15.9. The number of thioether (sulfide) groups is 1. The average Bonchev–Trinajstić information content (AvgIpc) is 3.59. The highest BCUT2D eigenvalue weighted by Gasteiger charge is 2.50. The summed E-state index contributed by atoms with van der Waals surface area (Å²) in [5.41, 5.74) is 1.70. The number of hydrogen-bond acceptors (Lipinski definition) is 9. The van der Waals surface area contributed by atoms with Crippen molar-refractivity contribution in [2.24, 2.45) is 5.92 Å². The normalized spacial score (nSPS) is 25.4. The van der Waals surface area contributed by atoms with Crippen LogP contribution in [0.1, 0.15) is 37.8 Å². The smallest absolute Gasteiger partial charge is 0.407 e. The lowest BCUT2D eigenvalue weighted by atomic mass is 9.96. The Labute approximate surface area is 261 Å². The van der Waals surface area contributed by atoms with Gasteiger partial charge in [0.15, 0.2) is 12.4 Å². The van der Waals surface area contributed by atoms with Crippen LogP contribution in [0.2, 0.25) is 0 Å². The fraction of sp³-hybridized carbons (Fsp3) is 0.531. The largest absolute Gasteiger partial charge is 0.497 e. The van der Waals surface area contributed by atoms with Gasteiger partial charge in [0.1, 0.15) is 17.9 Å². The molecule has 0 spiro atoms. The number of methoxy groups -OCH3 is 1. The highest BCUT2D eigenvalue weighted by molar-refractivity contribution is 8.00. The molecule has 0 unspecified atom stereocenters. The van der Waals surface area contributed by atoms with E-state index in [0.717, 1.165) is 24.0 Å². The van der Waals surface area contributed by atoms with Crippen molar-refractivity contribution in [3.63, 3.8) is 0 Å². The molecule has 3 saturated heterocycles. The van der Waals surface area contributed by atoms with Crippen molar-refractivity contribution in [1.29, 1.82) is 0 Å². The zero-order chi connectivity index (χ0) is 31.3. The number of benzene rings is 2. The monoisotopic (exact) mass is 627 g/mol. The van der Waals surface area contributed by atoms with Gasteiger partial charge in [-0.25, -0.2) is 4.79 Å². The van der Waals surface area contributed by atoms with Gasteiger partial charge >= 0.3 is 6.09 Å². The number of aliphatic hydroxyl groups is 1. The van der Waals surface area contributed by atoms with Crippen LogP contribution in [-0.2, 0) is 36.8 Å². The third-order valence-corrected chi connectivity index (χ3v) is 9.79. The predicted molar refractivity (Wildman–Crippen MR) is 164 cm³/mol. The van der Waals surface area contributed by atoms with Crippen LogP contribution < -0.4 is 15.4 Å². The van der Waals surface area contributed by atoms with E-state index in [0.29, 0.717) is 18.9 Å². The van der Waals surface area contributed by atoms with E-state index < -0.39 is 47.3 Å². The van der Waals surface area contributed by atoms with Gasteiger partial charge in [-0.05, 0) is 56.4 Å². The van der Waals surface area contributed by atoms with Crippen LogP contribution in [0.15, 0.2) is 54.6 Å². The maximum Gasteiger partial charge on any atom is 0.407 e. The lowest BCUT2D eigenvalue weighted by molar-refractivity contribution is -0.152. The predicted octanol–water partition coefficient (Wildman–Crippen LogP) is 2.84. The molecule has 3 heterocycles. The topological polar surface area (TPSA) is 136 Å². The molecule has 3 aliphatic rings. The molecule has 0 aliphatic carbocycles. The summed E-state index contributed by atoms with van der Waals surface area (Å²) in [6, 6.07) is 14.8. The van der Waals surface area contributed by atoms with Crippen LogP contribution in [0.4, 0.5) is 4.79 Å². The molecule has 6 atom stereocenters. The molecule has 3 aliphatic heterocycles. The molecule has 3 fully saturated rings. The number of rotatable bonds is 10. The van der Waals surface area contributed by atoms with Crippen LogP contribution in [0.3, 0.4) is 0 Å². The first-order valence-electron chi connectivity index (χ1n) is 14.9. The molecule has 0 radical (unpaired) electrons. The Balaban J connectivity index is 1.30. The van der Waals surface area contributed by atoms with Crippen molar-refractivity contribution in [1.82, 2.24) is 15.5 Å². The Morgan fingerprint density at radius 1 is 1.09 bits per heavy atom. The average molecular weight is 628 g/mol. The summed E-state index contributed by atoms with van der Waals surface area (Å²) in [5.74, 6) is -0.157. The van der Waals surface area contributed by atoms with E-state index in [1.165, 1.54) is 16.7 Å². The van der Waals surface area contributed by atoms with E-state index in [9.17, 15) is 19.5 Å². The second-order valence-corrected chi connectivity index (χ2v) is 13.5. The van der Waals surface area contributed by atoms with Gasteiger partial charge in [-0.3, -0.25) is 9.59 Å². The van der Waals surface area contributed by atoms with Gasteiger partial charge in [-0.1, -0.05) is 42.5 Å². The van der Waals surface area contributed by atoms with E-state index in [1.54, 1.807) is 31.4 Å². The first kappa shape index (κ1) is 32.1. The van der Waals surface area contributed by atoms with Crippen molar-refractivity contribution in [3.8, 4) is 5.75 Å². The van der Waals surface area contributed by atoms with Crippen LogP contribution in [0, 0.1) is 5.92 Å². The third-order valence-electron chi connectivity index (χ3n) is 8.41. The minimum atomic E-state index is -1.64. The second-order valence-electron chi connectivity index (χ2n) is 11.9. The van der Waals surface area contributed by atoms with Gasteiger partial charge in [0.05, 0.1) is 25.6 Å². The molecule has 11 nitrogen and oxygen atoms in total. The van der Waals surface area contributed by atoms with Crippen molar-refractivity contribution in [2.75, 3.05) is 26.2 Å². The Hall–Kier alpha value is -3.32.